The van der Waals surface area contributed by atoms with E-state index in [1.807, 2.05) is 0 Å². The van der Waals surface area contributed by atoms with Crippen LogP contribution in [-0.4, -0.2) is 22.0 Å². The lowest BCUT2D eigenvalue weighted by molar-refractivity contribution is -0.125. The predicted octanol–water partition coefficient (Wildman–Crippen LogP) is 2.94. The molecule has 0 saturated carbocycles. The number of piperidine rings is 1. The van der Waals surface area contributed by atoms with E-state index in [4.69, 9.17) is 23.8 Å². The SMILES string of the molecule is O=C1NCCCC1n1c(=S)[nH]c2cc(Cl)c(F)cc21. The normalized spacial score (nSPS) is 19.7. The highest BCUT2D eigenvalue weighted by atomic mass is 35.5. The first kappa shape index (κ1) is 12.6. The largest absolute Gasteiger partial charge is 0.354 e. The van der Waals surface area contributed by atoms with Crippen LogP contribution in [0.3, 0.4) is 0 Å². The minimum Gasteiger partial charge on any atom is -0.354 e. The average molecular weight is 300 g/mol. The highest BCUT2D eigenvalue weighted by molar-refractivity contribution is 7.71. The fourth-order valence-electron chi connectivity index (χ4n) is 2.43. The van der Waals surface area contributed by atoms with Gasteiger partial charge in [-0.05, 0) is 31.1 Å². The van der Waals surface area contributed by atoms with E-state index in [2.05, 4.69) is 10.3 Å². The zero-order valence-corrected chi connectivity index (χ0v) is 11.4. The third-order valence-corrected chi connectivity index (χ3v) is 3.91. The number of fused-ring (bicyclic) bond motifs is 1. The highest BCUT2D eigenvalue weighted by Crippen LogP contribution is 2.28. The average Bonchev–Trinajstić information content (AvgIpc) is 2.66. The van der Waals surface area contributed by atoms with Gasteiger partial charge in [0.2, 0.25) is 5.91 Å². The number of aromatic amines is 1. The molecule has 2 aromatic rings. The summed E-state index contributed by atoms with van der Waals surface area (Å²) in [6.07, 6.45) is 1.57. The van der Waals surface area contributed by atoms with Crippen molar-refractivity contribution in [3.8, 4) is 0 Å². The van der Waals surface area contributed by atoms with Crippen LogP contribution in [0.2, 0.25) is 5.02 Å². The smallest absolute Gasteiger partial charge is 0.243 e. The van der Waals surface area contributed by atoms with Gasteiger partial charge < -0.3 is 14.9 Å². The quantitative estimate of drug-likeness (QED) is 0.796. The Bertz CT molecular complexity index is 724. The number of carbonyl (C=O) groups excluding carboxylic acids is 1. The Balaban J connectivity index is 2.22. The summed E-state index contributed by atoms with van der Waals surface area (Å²) in [6.45, 7) is 0.672. The summed E-state index contributed by atoms with van der Waals surface area (Å²) >= 11 is 11.0. The summed E-state index contributed by atoms with van der Waals surface area (Å²) in [5, 5.41) is 2.83. The molecule has 1 aliphatic heterocycles. The fourth-order valence-corrected chi connectivity index (χ4v) is 2.93. The second-order valence-corrected chi connectivity index (χ2v) is 5.33. The lowest BCUT2D eigenvalue weighted by Crippen LogP contribution is -2.37. The van der Waals surface area contributed by atoms with Gasteiger partial charge in [0.05, 0.1) is 16.1 Å². The maximum atomic E-state index is 13.6. The highest BCUT2D eigenvalue weighted by Gasteiger charge is 2.26. The monoisotopic (exact) mass is 299 g/mol. The van der Waals surface area contributed by atoms with E-state index < -0.39 is 11.9 Å². The number of rotatable bonds is 1. The molecule has 2 N–H and O–H groups in total. The van der Waals surface area contributed by atoms with Crippen LogP contribution in [0.4, 0.5) is 4.39 Å². The van der Waals surface area contributed by atoms with Gasteiger partial charge in [-0.15, -0.1) is 0 Å². The standard InChI is InChI=1S/C12H11ClFN3OS/c13-6-4-8-10(5-7(6)14)17(12(19)16-8)9-2-1-3-15-11(9)18/h4-5,9H,1-3H2,(H,15,18)(H,16,19). The molecule has 1 aliphatic rings. The van der Waals surface area contributed by atoms with Crippen LogP contribution in [0.25, 0.3) is 11.0 Å². The van der Waals surface area contributed by atoms with Crippen LogP contribution in [0, 0.1) is 10.6 Å². The molecule has 19 heavy (non-hydrogen) atoms. The van der Waals surface area contributed by atoms with Crippen LogP contribution in [-0.2, 0) is 4.79 Å². The van der Waals surface area contributed by atoms with Gasteiger partial charge in [-0.2, -0.15) is 0 Å². The molecule has 100 valence electrons. The topological polar surface area (TPSA) is 49.8 Å². The van der Waals surface area contributed by atoms with E-state index in [0.717, 1.165) is 6.42 Å². The number of carbonyl (C=O) groups is 1. The third kappa shape index (κ3) is 2.04. The first-order chi connectivity index (χ1) is 9.08. The molecule has 0 bridgehead atoms. The Labute approximate surface area is 118 Å². The number of nitrogens with one attached hydrogen (secondary N) is 2. The van der Waals surface area contributed by atoms with Crippen molar-refractivity contribution in [1.29, 1.82) is 0 Å². The van der Waals surface area contributed by atoms with Crippen molar-refractivity contribution in [3.63, 3.8) is 0 Å². The minimum atomic E-state index is -0.520. The van der Waals surface area contributed by atoms with Crippen LogP contribution < -0.4 is 5.32 Å². The summed E-state index contributed by atoms with van der Waals surface area (Å²) in [7, 11) is 0. The maximum Gasteiger partial charge on any atom is 0.243 e. The molecule has 1 saturated heterocycles. The van der Waals surface area contributed by atoms with Crippen molar-refractivity contribution < 1.29 is 9.18 Å². The van der Waals surface area contributed by atoms with Crippen molar-refractivity contribution >= 4 is 40.8 Å². The third-order valence-electron chi connectivity index (χ3n) is 3.33. The lowest BCUT2D eigenvalue weighted by atomic mass is 10.1. The molecule has 0 radical (unpaired) electrons. The second kappa shape index (κ2) is 4.61. The number of H-pyrrole nitrogens is 1. The molecule has 0 aliphatic carbocycles. The molecule has 1 atom stereocenters. The predicted molar refractivity (Wildman–Crippen MR) is 73.4 cm³/mol. The molecule has 1 fully saturated rings. The Morgan fingerprint density at radius 2 is 2.26 bits per heavy atom. The van der Waals surface area contributed by atoms with E-state index in [1.165, 1.54) is 12.1 Å². The zero-order valence-electron chi connectivity index (χ0n) is 9.87. The van der Waals surface area contributed by atoms with E-state index >= 15 is 0 Å². The van der Waals surface area contributed by atoms with E-state index in [-0.39, 0.29) is 10.9 Å². The Kier molecular flexibility index (Phi) is 3.06. The van der Waals surface area contributed by atoms with Crippen molar-refractivity contribution in [2.45, 2.75) is 18.9 Å². The number of aromatic nitrogens is 2. The molecule has 3 rings (SSSR count). The Morgan fingerprint density at radius 1 is 1.47 bits per heavy atom. The first-order valence-corrected chi connectivity index (χ1v) is 6.73. The first-order valence-electron chi connectivity index (χ1n) is 5.95. The molecule has 4 nitrogen and oxygen atoms in total. The summed E-state index contributed by atoms with van der Waals surface area (Å²) in [6, 6.07) is 2.40. The molecule has 2 heterocycles. The van der Waals surface area contributed by atoms with Gasteiger partial charge in [-0.1, -0.05) is 11.6 Å². The number of benzene rings is 1. The number of nitrogens with zero attached hydrogens (tertiary/aromatic N) is 1. The van der Waals surface area contributed by atoms with Crippen LogP contribution >= 0.6 is 23.8 Å². The molecular formula is C12H11ClFN3OS. The van der Waals surface area contributed by atoms with Gasteiger partial charge in [0.25, 0.3) is 0 Å². The Morgan fingerprint density at radius 3 is 3.00 bits per heavy atom. The van der Waals surface area contributed by atoms with Crippen LogP contribution in [0.5, 0.6) is 0 Å². The molecule has 0 spiro atoms. The Hall–Kier alpha value is -1.40. The molecular weight excluding hydrogens is 289 g/mol. The summed E-state index contributed by atoms with van der Waals surface area (Å²) in [5.41, 5.74) is 1.20. The lowest BCUT2D eigenvalue weighted by Gasteiger charge is -2.23. The molecule has 1 amide bonds. The van der Waals surface area contributed by atoms with Gasteiger partial charge in [0.15, 0.2) is 4.77 Å². The molecule has 1 aromatic heterocycles. The fraction of sp³-hybridized carbons (Fsp3) is 0.333. The van der Waals surface area contributed by atoms with Crippen molar-refractivity contribution in [2.24, 2.45) is 0 Å². The van der Waals surface area contributed by atoms with Crippen LogP contribution in [0.1, 0.15) is 18.9 Å². The summed E-state index contributed by atoms with van der Waals surface area (Å²) < 4.78 is 15.7. The summed E-state index contributed by atoms with van der Waals surface area (Å²) in [4.78, 5) is 14.9. The minimum absolute atomic E-state index is 0.0315. The van der Waals surface area contributed by atoms with Gasteiger partial charge in [-0.25, -0.2) is 4.39 Å². The zero-order chi connectivity index (χ0) is 13.6. The summed E-state index contributed by atoms with van der Waals surface area (Å²) in [5.74, 6) is -0.605. The molecule has 1 aromatic carbocycles. The van der Waals surface area contributed by atoms with Gasteiger partial charge in [-0.3, -0.25) is 4.79 Å². The van der Waals surface area contributed by atoms with Gasteiger partial charge in [0.1, 0.15) is 11.9 Å². The van der Waals surface area contributed by atoms with E-state index in [9.17, 15) is 9.18 Å². The van der Waals surface area contributed by atoms with E-state index in [1.54, 1.807) is 4.57 Å². The van der Waals surface area contributed by atoms with Crippen molar-refractivity contribution in [3.05, 3.63) is 27.7 Å². The maximum absolute atomic E-state index is 13.6. The second-order valence-electron chi connectivity index (χ2n) is 4.53. The number of halogens is 2. The van der Waals surface area contributed by atoms with E-state index in [0.29, 0.717) is 28.8 Å². The van der Waals surface area contributed by atoms with Gasteiger partial charge >= 0.3 is 0 Å². The molecule has 1 unspecified atom stereocenters. The number of amides is 1. The van der Waals surface area contributed by atoms with Crippen molar-refractivity contribution in [1.82, 2.24) is 14.9 Å². The van der Waals surface area contributed by atoms with Crippen LogP contribution in [0.15, 0.2) is 12.1 Å². The van der Waals surface area contributed by atoms with Gasteiger partial charge in [0, 0.05) is 12.6 Å². The molecule has 7 heteroatoms. The number of hydrogen-bond donors (Lipinski definition) is 2. The number of hydrogen-bond acceptors (Lipinski definition) is 2. The van der Waals surface area contributed by atoms with Crippen molar-refractivity contribution in [2.75, 3.05) is 6.54 Å². The number of imidazole rings is 1.